The van der Waals surface area contributed by atoms with E-state index in [2.05, 4.69) is 217 Å². The van der Waals surface area contributed by atoms with Gasteiger partial charge in [-0.05, 0) is 113 Å². The highest BCUT2D eigenvalue weighted by atomic mass is 15.2. The zero-order chi connectivity index (χ0) is 36.7. The number of fused-ring (bicyclic) bond motifs is 6. The van der Waals surface area contributed by atoms with E-state index in [1.165, 1.54) is 72.0 Å². The van der Waals surface area contributed by atoms with Crippen LogP contribution in [0.15, 0.2) is 200 Å². The van der Waals surface area contributed by atoms with Crippen LogP contribution in [0.2, 0.25) is 0 Å². The van der Waals surface area contributed by atoms with Crippen molar-refractivity contribution in [2.75, 3.05) is 4.90 Å². The molecule has 0 radical (unpaired) electrons. The van der Waals surface area contributed by atoms with Gasteiger partial charge in [0, 0.05) is 33.8 Å². The second-order valence-electron chi connectivity index (χ2n) is 14.9. The fourth-order valence-corrected chi connectivity index (χ4v) is 9.00. The summed E-state index contributed by atoms with van der Waals surface area (Å²) in [6.45, 7) is 2.30. The molecule has 2 nitrogen and oxygen atoms in total. The molecule has 0 amide bonds. The lowest BCUT2D eigenvalue weighted by Gasteiger charge is -2.32. The smallest absolute Gasteiger partial charge is 0.0563 e. The molecule has 0 saturated carbocycles. The van der Waals surface area contributed by atoms with Crippen LogP contribution in [0.4, 0.5) is 11.4 Å². The predicted octanol–water partition coefficient (Wildman–Crippen LogP) is 14.1. The minimum Gasteiger partial charge on any atom is -0.334 e. The average Bonchev–Trinajstić information content (AvgIpc) is 3.77. The Morgan fingerprint density at radius 2 is 0.964 bits per heavy atom. The van der Waals surface area contributed by atoms with Crippen LogP contribution < -0.4 is 4.90 Å². The van der Waals surface area contributed by atoms with Gasteiger partial charge in [0.1, 0.15) is 0 Å². The molecule has 0 N–H and O–H groups in total. The number of para-hydroxylation sites is 3. The Morgan fingerprint density at radius 3 is 1.56 bits per heavy atom. The van der Waals surface area contributed by atoms with E-state index in [1.54, 1.807) is 0 Å². The van der Waals surface area contributed by atoms with Crippen LogP contribution in [0.1, 0.15) is 47.6 Å². The second kappa shape index (κ2) is 14.0. The van der Waals surface area contributed by atoms with Crippen LogP contribution in [-0.2, 0) is 6.42 Å². The molecule has 264 valence electrons. The quantitative estimate of drug-likeness (QED) is 0.145. The third-order valence-corrected chi connectivity index (χ3v) is 11.8. The molecule has 10 rings (SSSR count). The van der Waals surface area contributed by atoms with Gasteiger partial charge in [-0.25, -0.2) is 0 Å². The summed E-state index contributed by atoms with van der Waals surface area (Å²) in [5.74, 6) is 0.454. The Hall–Kier alpha value is -6.64. The Bertz CT molecular complexity index is 2660. The molecule has 0 saturated heterocycles. The number of aryl methyl sites for hydroxylation is 1. The first-order valence-electron chi connectivity index (χ1n) is 19.5. The molecule has 1 aliphatic rings. The molecule has 1 aliphatic carbocycles. The minimum atomic E-state index is 0.115. The number of hydrogen-bond donors (Lipinski definition) is 0. The maximum Gasteiger partial charge on any atom is 0.0563 e. The average molecular weight is 707 g/mol. The van der Waals surface area contributed by atoms with Crippen molar-refractivity contribution >= 4 is 33.2 Å². The van der Waals surface area contributed by atoms with E-state index in [4.69, 9.17) is 0 Å². The van der Waals surface area contributed by atoms with E-state index in [0.29, 0.717) is 5.92 Å². The van der Waals surface area contributed by atoms with Crippen LogP contribution >= 0.6 is 0 Å². The highest BCUT2D eigenvalue weighted by Crippen LogP contribution is 2.46. The van der Waals surface area contributed by atoms with Crippen molar-refractivity contribution in [1.82, 2.24) is 4.57 Å². The predicted molar refractivity (Wildman–Crippen MR) is 232 cm³/mol. The summed E-state index contributed by atoms with van der Waals surface area (Å²) in [5, 5.41) is 2.55. The Morgan fingerprint density at radius 1 is 0.473 bits per heavy atom. The van der Waals surface area contributed by atoms with Crippen molar-refractivity contribution in [2.45, 2.75) is 31.7 Å². The molecule has 0 spiro atoms. The summed E-state index contributed by atoms with van der Waals surface area (Å²) in [4.78, 5) is 2.45. The van der Waals surface area contributed by atoms with Gasteiger partial charge in [0.25, 0.3) is 0 Å². The summed E-state index contributed by atoms with van der Waals surface area (Å²) < 4.78 is 2.38. The lowest BCUT2D eigenvalue weighted by atomic mass is 9.90. The van der Waals surface area contributed by atoms with Crippen LogP contribution in [-0.4, -0.2) is 4.57 Å². The van der Waals surface area contributed by atoms with Crippen molar-refractivity contribution in [3.05, 3.63) is 222 Å². The highest BCUT2D eigenvalue weighted by Gasteiger charge is 2.27. The SMILES string of the molecule is C[C@@H](c1ccc(-c2ccc(CCC3c4ccccc4-c4ccccc43)cc2)cc1)N(c1ccccc1)c1ccc(-n2c3ccccc3c3ccccc32)cc1. The number of nitrogens with zero attached hydrogens (tertiary/aromatic N) is 2. The van der Waals surface area contributed by atoms with E-state index >= 15 is 0 Å². The van der Waals surface area contributed by atoms with Crippen molar-refractivity contribution in [1.29, 1.82) is 0 Å². The molecule has 9 aromatic rings. The number of hydrogen-bond acceptors (Lipinski definition) is 1. The van der Waals surface area contributed by atoms with Gasteiger partial charge in [-0.2, -0.15) is 0 Å². The third-order valence-electron chi connectivity index (χ3n) is 11.8. The molecule has 0 fully saturated rings. The van der Waals surface area contributed by atoms with Crippen molar-refractivity contribution in [3.63, 3.8) is 0 Å². The van der Waals surface area contributed by atoms with Gasteiger partial charge in [0.2, 0.25) is 0 Å². The third kappa shape index (κ3) is 5.91. The number of aromatic nitrogens is 1. The Kier molecular flexibility index (Phi) is 8.37. The molecular formula is C53H42N2. The maximum atomic E-state index is 2.45. The highest BCUT2D eigenvalue weighted by molar-refractivity contribution is 6.09. The molecule has 0 aliphatic heterocycles. The van der Waals surface area contributed by atoms with Gasteiger partial charge in [-0.15, -0.1) is 0 Å². The Balaban J connectivity index is 0.885. The Labute approximate surface area is 323 Å². The molecule has 8 aromatic carbocycles. The van der Waals surface area contributed by atoms with Gasteiger partial charge in [0.05, 0.1) is 17.1 Å². The van der Waals surface area contributed by atoms with Gasteiger partial charge in [-0.3, -0.25) is 0 Å². The zero-order valence-electron chi connectivity index (χ0n) is 31.0. The van der Waals surface area contributed by atoms with Gasteiger partial charge in [0.15, 0.2) is 0 Å². The molecule has 2 heteroatoms. The van der Waals surface area contributed by atoms with Crippen LogP contribution in [0, 0.1) is 0 Å². The fourth-order valence-electron chi connectivity index (χ4n) is 9.00. The van der Waals surface area contributed by atoms with Crippen molar-refractivity contribution in [3.8, 4) is 27.9 Å². The van der Waals surface area contributed by atoms with E-state index in [1.807, 2.05) is 0 Å². The summed E-state index contributed by atoms with van der Waals surface area (Å²) in [6.07, 6.45) is 2.17. The van der Waals surface area contributed by atoms with Crippen LogP contribution in [0.5, 0.6) is 0 Å². The fraction of sp³-hybridized carbons (Fsp3) is 0.0943. The topological polar surface area (TPSA) is 8.17 Å². The van der Waals surface area contributed by atoms with Crippen LogP contribution in [0.25, 0.3) is 49.7 Å². The van der Waals surface area contributed by atoms with Gasteiger partial charge in [-0.1, -0.05) is 152 Å². The second-order valence-corrected chi connectivity index (χ2v) is 14.9. The monoisotopic (exact) mass is 706 g/mol. The molecule has 1 atom stereocenters. The van der Waals surface area contributed by atoms with Gasteiger partial charge < -0.3 is 9.47 Å². The van der Waals surface area contributed by atoms with Crippen molar-refractivity contribution in [2.24, 2.45) is 0 Å². The lowest BCUT2D eigenvalue weighted by Crippen LogP contribution is -2.21. The number of anilines is 2. The van der Waals surface area contributed by atoms with E-state index in [-0.39, 0.29) is 6.04 Å². The molecule has 1 aromatic heterocycles. The van der Waals surface area contributed by atoms with Gasteiger partial charge >= 0.3 is 0 Å². The summed E-state index contributed by atoms with van der Waals surface area (Å²) >= 11 is 0. The van der Waals surface area contributed by atoms with Crippen molar-refractivity contribution < 1.29 is 0 Å². The first-order valence-corrected chi connectivity index (χ1v) is 19.5. The molecule has 0 unspecified atom stereocenters. The normalized spacial score (nSPS) is 12.8. The van der Waals surface area contributed by atoms with E-state index in [0.717, 1.165) is 24.2 Å². The summed E-state index contributed by atoms with van der Waals surface area (Å²) in [6, 6.07) is 73.5. The largest absolute Gasteiger partial charge is 0.334 e. The number of rotatable bonds is 9. The lowest BCUT2D eigenvalue weighted by molar-refractivity contribution is 0.729. The molecule has 55 heavy (non-hydrogen) atoms. The minimum absolute atomic E-state index is 0.115. The zero-order valence-corrected chi connectivity index (χ0v) is 31.0. The first-order chi connectivity index (χ1) is 27.2. The molecule has 1 heterocycles. The standard InChI is InChI=1S/C53H42N2/c1-37(54(42-13-3-2-4-14-42)43-32-34-44(35-33-43)55-52-21-11-9-19-50(52)51-20-10-12-22-53(51)55)39-28-30-41(31-29-39)40-26-23-38(24-27-40)25-36-49-47-17-7-5-15-45(47)46-16-6-8-18-48(46)49/h2-24,26-35,37,49H,25,36H2,1H3/t37-/m0/s1. The molecule has 0 bridgehead atoms. The van der Waals surface area contributed by atoms with Crippen LogP contribution in [0.3, 0.4) is 0 Å². The summed E-state index contributed by atoms with van der Waals surface area (Å²) in [7, 11) is 0. The number of benzene rings is 8. The molecular weight excluding hydrogens is 665 g/mol. The summed E-state index contributed by atoms with van der Waals surface area (Å²) in [5.41, 5.74) is 16.8. The van der Waals surface area contributed by atoms with E-state index in [9.17, 15) is 0 Å². The van der Waals surface area contributed by atoms with E-state index < -0.39 is 0 Å². The first kappa shape index (κ1) is 33.0. The maximum absolute atomic E-state index is 2.45.